The fourth-order valence-corrected chi connectivity index (χ4v) is 1.72. The zero-order valence-corrected chi connectivity index (χ0v) is 11.2. The molecule has 0 aliphatic heterocycles. The standard InChI is InChI=1S/C14H18N4O/c1-10(2)14-17-12(9-13(19)18-14)16-8-5-11-3-6-15-7-4-11/h3-4,6-7,9-10H,5,8H2,1-2H3,(H2,16,17,18,19). The summed E-state index contributed by atoms with van der Waals surface area (Å²) >= 11 is 0. The predicted molar refractivity (Wildman–Crippen MR) is 75.4 cm³/mol. The molecule has 2 aromatic heterocycles. The molecule has 0 saturated heterocycles. The summed E-state index contributed by atoms with van der Waals surface area (Å²) in [4.78, 5) is 22.6. The summed E-state index contributed by atoms with van der Waals surface area (Å²) < 4.78 is 0. The molecule has 0 aromatic carbocycles. The van der Waals surface area contributed by atoms with E-state index in [2.05, 4.69) is 20.3 Å². The molecule has 0 unspecified atom stereocenters. The van der Waals surface area contributed by atoms with Crippen molar-refractivity contribution in [1.82, 2.24) is 15.0 Å². The third-order valence-corrected chi connectivity index (χ3v) is 2.78. The van der Waals surface area contributed by atoms with Crippen LogP contribution in [-0.4, -0.2) is 21.5 Å². The van der Waals surface area contributed by atoms with E-state index >= 15 is 0 Å². The van der Waals surface area contributed by atoms with E-state index in [1.165, 1.54) is 11.6 Å². The zero-order chi connectivity index (χ0) is 13.7. The molecule has 0 aliphatic rings. The van der Waals surface area contributed by atoms with Crippen molar-refractivity contribution in [3.8, 4) is 0 Å². The molecule has 2 aromatic rings. The van der Waals surface area contributed by atoms with Crippen molar-refractivity contribution in [3.63, 3.8) is 0 Å². The molecule has 0 atom stereocenters. The minimum atomic E-state index is -0.120. The molecular formula is C14H18N4O. The summed E-state index contributed by atoms with van der Waals surface area (Å²) in [6.07, 6.45) is 4.42. The number of nitrogens with zero attached hydrogens (tertiary/aromatic N) is 2. The first-order valence-corrected chi connectivity index (χ1v) is 6.39. The van der Waals surface area contributed by atoms with Gasteiger partial charge in [-0.2, -0.15) is 0 Å². The molecule has 0 amide bonds. The number of hydrogen-bond acceptors (Lipinski definition) is 4. The number of aromatic nitrogens is 3. The number of nitrogens with one attached hydrogen (secondary N) is 2. The molecule has 0 saturated carbocycles. The maximum atomic E-state index is 11.5. The summed E-state index contributed by atoms with van der Waals surface area (Å²) in [5, 5.41) is 3.18. The summed E-state index contributed by atoms with van der Waals surface area (Å²) in [5.41, 5.74) is 1.08. The van der Waals surface area contributed by atoms with Crippen LogP contribution >= 0.6 is 0 Å². The van der Waals surface area contributed by atoms with E-state index in [0.717, 1.165) is 13.0 Å². The SMILES string of the molecule is CC(C)c1nc(NCCc2ccncc2)cc(=O)[nH]1. The second-order valence-corrected chi connectivity index (χ2v) is 4.70. The molecule has 5 nitrogen and oxygen atoms in total. The van der Waals surface area contributed by atoms with Crippen LogP contribution in [0.5, 0.6) is 0 Å². The van der Waals surface area contributed by atoms with Gasteiger partial charge in [0.1, 0.15) is 11.6 Å². The van der Waals surface area contributed by atoms with Crippen LogP contribution in [0.25, 0.3) is 0 Å². The Morgan fingerprint density at radius 1 is 1.32 bits per heavy atom. The van der Waals surface area contributed by atoms with Crippen molar-refractivity contribution in [3.05, 3.63) is 52.3 Å². The van der Waals surface area contributed by atoms with Gasteiger partial charge in [0.15, 0.2) is 0 Å². The quantitative estimate of drug-likeness (QED) is 0.860. The van der Waals surface area contributed by atoms with Crippen LogP contribution in [0.2, 0.25) is 0 Å². The Morgan fingerprint density at radius 2 is 2.05 bits per heavy atom. The number of pyridine rings is 1. The Kier molecular flexibility index (Phi) is 4.28. The van der Waals surface area contributed by atoms with Crippen LogP contribution in [0.4, 0.5) is 5.82 Å². The van der Waals surface area contributed by atoms with Crippen molar-refractivity contribution in [1.29, 1.82) is 0 Å². The van der Waals surface area contributed by atoms with Gasteiger partial charge in [-0.25, -0.2) is 4.98 Å². The highest BCUT2D eigenvalue weighted by molar-refractivity contribution is 5.33. The third-order valence-electron chi connectivity index (χ3n) is 2.78. The minimum Gasteiger partial charge on any atom is -0.370 e. The number of anilines is 1. The highest BCUT2D eigenvalue weighted by Gasteiger charge is 2.04. The van der Waals surface area contributed by atoms with Crippen molar-refractivity contribution in [2.75, 3.05) is 11.9 Å². The fourth-order valence-electron chi connectivity index (χ4n) is 1.72. The Bertz CT molecular complexity index is 577. The Morgan fingerprint density at radius 3 is 2.74 bits per heavy atom. The number of hydrogen-bond donors (Lipinski definition) is 2. The second kappa shape index (κ2) is 6.13. The first kappa shape index (κ1) is 13.3. The molecule has 0 bridgehead atoms. The lowest BCUT2D eigenvalue weighted by Crippen LogP contribution is -2.15. The number of rotatable bonds is 5. The first-order chi connectivity index (χ1) is 9.15. The van der Waals surface area contributed by atoms with E-state index in [4.69, 9.17) is 0 Å². The van der Waals surface area contributed by atoms with Crippen LogP contribution in [0.3, 0.4) is 0 Å². The average Bonchev–Trinajstić information content (AvgIpc) is 2.39. The van der Waals surface area contributed by atoms with E-state index in [0.29, 0.717) is 11.6 Å². The van der Waals surface area contributed by atoms with Crippen molar-refractivity contribution in [2.24, 2.45) is 0 Å². The first-order valence-electron chi connectivity index (χ1n) is 6.39. The smallest absolute Gasteiger partial charge is 0.252 e. The van der Waals surface area contributed by atoms with Gasteiger partial charge in [-0.15, -0.1) is 0 Å². The van der Waals surface area contributed by atoms with Gasteiger partial charge < -0.3 is 10.3 Å². The lowest BCUT2D eigenvalue weighted by atomic mass is 10.2. The van der Waals surface area contributed by atoms with E-state index < -0.39 is 0 Å². The fraction of sp³-hybridized carbons (Fsp3) is 0.357. The van der Waals surface area contributed by atoms with E-state index in [9.17, 15) is 4.79 Å². The number of H-pyrrole nitrogens is 1. The molecule has 19 heavy (non-hydrogen) atoms. The van der Waals surface area contributed by atoms with Gasteiger partial charge in [0.25, 0.3) is 5.56 Å². The van der Waals surface area contributed by atoms with Gasteiger partial charge >= 0.3 is 0 Å². The molecule has 0 fully saturated rings. The molecule has 100 valence electrons. The van der Waals surface area contributed by atoms with Crippen LogP contribution in [0.1, 0.15) is 31.2 Å². The van der Waals surface area contributed by atoms with Crippen LogP contribution < -0.4 is 10.9 Å². The molecule has 0 aliphatic carbocycles. The van der Waals surface area contributed by atoms with Crippen LogP contribution in [0.15, 0.2) is 35.4 Å². The zero-order valence-electron chi connectivity index (χ0n) is 11.2. The van der Waals surface area contributed by atoms with E-state index in [1.54, 1.807) is 12.4 Å². The summed E-state index contributed by atoms with van der Waals surface area (Å²) in [6.45, 7) is 4.73. The maximum absolute atomic E-state index is 11.5. The Balaban J connectivity index is 1.98. The van der Waals surface area contributed by atoms with Gasteiger partial charge in [0, 0.05) is 30.9 Å². The molecule has 0 radical (unpaired) electrons. The topological polar surface area (TPSA) is 70.7 Å². The monoisotopic (exact) mass is 258 g/mol. The minimum absolute atomic E-state index is 0.120. The largest absolute Gasteiger partial charge is 0.370 e. The van der Waals surface area contributed by atoms with Gasteiger partial charge in [-0.05, 0) is 24.1 Å². The summed E-state index contributed by atoms with van der Waals surface area (Å²) in [7, 11) is 0. The van der Waals surface area contributed by atoms with Crippen molar-refractivity contribution < 1.29 is 0 Å². The maximum Gasteiger partial charge on any atom is 0.252 e. The summed E-state index contributed by atoms with van der Waals surface area (Å²) in [6, 6.07) is 5.44. The van der Waals surface area contributed by atoms with E-state index in [-0.39, 0.29) is 11.5 Å². The average molecular weight is 258 g/mol. The van der Waals surface area contributed by atoms with Crippen LogP contribution in [-0.2, 0) is 6.42 Å². The highest BCUT2D eigenvalue weighted by atomic mass is 16.1. The molecule has 2 N–H and O–H groups in total. The van der Waals surface area contributed by atoms with Gasteiger partial charge in [-0.3, -0.25) is 9.78 Å². The molecular weight excluding hydrogens is 240 g/mol. The lowest BCUT2D eigenvalue weighted by molar-refractivity contribution is 0.766. The lowest BCUT2D eigenvalue weighted by Gasteiger charge is -2.08. The summed E-state index contributed by atoms with van der Waals surface area (Å²) in [5.74, 6) is 1.54. The second-order valence-electron chi connectivity index (χ2n) is 4.70. The predicted octanol–water partition coefficient (Wildman–Crippen LogP) is 1.94. The van der Waals surface area contributed by atoms with Crippen molar-refractivity contribution >= 4 is 5.82 Å². The highest BCUT2D eigenvalue weighted by Crippen LogP contribution is 2.09. The Hall–Kier alpha value is -2.17. The van der Waals surface area contributed by atoms with Gasteiger partial charge in [0.05, 0.1) is 0 Å². The Labute approximate surface area is 112 Å². The molecule has 2 heterocycles. The molecule has 0 spiro atoms. The normalized spacial score (nSPS) is 10.7. The third kappa shape index (κ3) is 3.91. The molecule has 2 rings (SSSR count). The number of aromatic amines is 1. The van der Waals surface area contributed by atoms with E-state index in [1.807, 2.05) is 26.0 Å². The van der Waals surface area contributed by atoms with Gasteiger partial charge in [0.2, 0.25) is 0 Å². The molecule has 5 heteroatoms. The van der Waals surface area contributed by atoms with Gasteiger partial charge in [-0.1, -0.05) is 13.8 Å². The van der Waals surface area contributed by atoms with Crippen molar-refractivity contribution in [2.45, 2.75) is 26.2 Å². The van der Waals surface area contributed by atoms with Crippen LogP contribution in [0, 0.1) is 0 Å².